The number of non-ortho nitro benzene ring substituents is 1. The van der Waals surface area contributed by atoms with Crippen molar-refractivity contribution in [1.29, 1.82) is 0 Å². The van der Waals surface area contributed by atoms with E-state index < -0.39 is 4.92 Å². The molecule has 0 aliphatic carbocycles. The minimum absolute atomic E-state index is 0.0481. The number of nitrogens with zero attached hydrogens (tertiary/aromatic N) is 3. The molecule has 1 fully saturated rings. The van der Waals surface area contributed by atoms with E-state index in [2.05, 4.69) is 15.1 Å². The van der Waals surface area contributed by atoms with E-state index >= 15 is 0 Å². The number of aliphatic hydroxyl groups excluding tert-OH is 1. The van der Waals surface area contributed by atoms with Crippen LogP contribution in [-0.2, 0) is 4.79 Å². The number of β-amino-alcohol motifs (C(OH)–C–C–N with tert-alkyl or cyclic N) is 1. The molecule has 1 aliphatic rings. The minimum atomic E-state index is -0.487. The first-order chi connectivity index (χ1) is 11.0. The summed E-state index contributed by atoms with van der Waals surface area (Å²) in [5, 5.41) is 22.4. The maximum atomic E-state index is 12.3. The van der Waals surface area contributed by atoms with Crippen LogP contribution in [0.2, 0.25) is 0 Å². The average molecular weight is 322 g/mol. The maximum Gasteiger partial charge on any atom is 0.271 e. The molecule has 0 bridgehead atoms. The Morgan fingerprint density at radius 1 is 1.39 bits per heavy atom. The standard InChI is InChI=1S/C15H22N4O4/c1-12(18-7-5-17(6-8-18)9-10-20)15(21)16-13-3-2-4-14(11-13)19(22)23/h2-4,11-12,20H,5-10H2,1H3,(H,16,21). The summed E-state index contributed by atoms with van der Waals surface area (Å²) in [6.07, 6.45) is 0. The molecule has 2 N–H and O–H groups in total. The molecule has 0 saturated carbocycles. The number of nitro groups is 1. The topological polar surface area (TPSA) is 98.9 Å². The van der Waals surface area contributed by atoms with Crippen molar-refractivity contribution in [2.75, 3.05) is 44.6 Å². The van der Waals surface area contributed by atoms with Gasteiger partial charge in [-0.15, -0.1) is 0 Å². The second-order valence-corrected chi connectivity index (χ2v) is 5.57. The van der Waals surface area contributed by atoms with E-state index in [1.54, 1.807) is 12.1 Å². The molecule has 2 rings (SSSR count). The highest BCUT2D eigenvalue weighted by Crippen LogP contribution is 2.18. The number of carbonyl (C=O) groups excluding carboxylic acids is 1. The molecule has 1 unspecified atom stereocenters. The molecule has 126 valence electrons. The smallest absolute Gasteiger partial charge is 0.271 e. The molecular weight excluding hydrogens is 300 g/mol. The summed E-state index contributed by atoms with van der Waals surface area (Å²) in [6, 6.07) is 5.61. The fourth-order valence-electron chi connectivity index (χ4n) is 2.63. The Balaban J connectivity index is 1.90. The third-order valence-electron chi connectivity index (χ3n) is 4.07. The molecule has 0 spiro atoms. The molecule has 1 aliphatic heterocycles. The number of carbonyl (C=O) groups is 1. The van der Waals surface area contributed by atoms with Crippen LogP contribution in [0.1, 0.15) is 6.92 Å². The number of anilines is 1. The Kier molecular flexibility index (Phi) is 6.03. The SMILES string of the molecule is CC(C(=O)Nc1cccc([N+](=O)[O-])c1)N1CCN(CCO)CC1. The van der Waals surface area contributed by atoms with E-state index in [0.29, 0.717) is 12.2 Å². The molecule has 1 aromatic carbocycles. The number of hydrogen-bond acceptors (Lipinski definition) is 6. The summed E-state index contributed by atoms with van der Waals surface area (Å²) in [7, 11) is 0. The van der Waals surface area contributed by atoms with Crippen LogP contribution in [0.25, 0.3) is 0 Å². The third kappa shape index (κ3) is 4.72. The summed E-state index contributed by atoms with van der Waals surface area (Å²) in [5.74, 6) is -0.180. The summed E-state index contributed by atoms with van der Waals surface area (Å²) in [4.78, 5) is 26.8. The lowest BCUT2D eigenvalue weighted by atomic mass is 10.2. The molecule has 1 atom stereocenters. The largest absolute Gasteiger partial charge is 0.395 e. The number of amides is 1. The number of nitro benzene ring substituents is 1. The zero-order chi connectivity index (χ0) is 16.8. The van der Waals surface area contributed by atoms with Crippen molar-refractivity contribution in [1.82, 2.24) is 9.80 Å². The molecule has 1 heterocycles. The minimum Gasteiger partial charge on any atom is -0.395 e. The van der Waals surface area contributed by atoms with E-state index in [4.69, 9.17) is 5.11 Å². The van der Waals surface area contributed by atoms with Gasteiger partial charge in [-0.3, -0.25) is 24.7 Å². The van der Waals surface area contributed by atoms with Gasteiger partial charge in [-0.1, -0.05) is 6.07 Å². The van der Waals surface area contributed by atoms with Crippen LogP contribution in [0.4, 0.5) is 11.4 Å². The number of aliphatic hydroxyl groups is 1. The maximum absolute atomic E-state index is 12.3. The summed E-state index contributed by atoms with van der Waals surface area (Å²) in [5.41, 5.74) is 0.378. The van der Waals surface area contributed by atoms with Gasteiger partial charge >= 0.3 is 0 Å². The molecule has 8 heteroatoms. The van der Waals surface area contributed by atoms with Gasteiger partial charge in [0.1, 0.15) is 0 Å². The quantitative estimate of drug-likeness (QED) is 0.585. The lowest BCUT2D eigenvalue weighted by molar-refractivity contribution is -0.384. The van der Waals surface area contributed by atoms with Crippen molar-refractivity contribution in [3.05, 3.63) is 34.4 Å². The van der Waals surface area contributed by atoms with Crippen LogP contribution in [0.15, 0.2) is 24.3 Å². The molecule has 1 aromatic rings. The first kappa shape index (κ1) is 17.3. The fraction of sp³-hybridized carbons (Fsp3) is 0.533. The Bertz CT molecular complexity index is 558. The Labute approximate surface area is 134 Å². The number of benzene rings is 1. The van der Waals surface area contributed by atoms with Crippen LogP contribution < -0.4 is 5.32 Å². The first-order valence-corrected chi connectivity index (χ1v) is 7.64. The van der Waals surface area contributed by atoms with E-state index in [9.17, 15) is 14.9 Å². The van der Waals surface area contributed by atoms with E-state index in [0.717, 1.165) is 26.2 Å². The zero-order valence-electron chi connectivity index (χ0n) is 13.1. The monoisotopic (exact) mass is 322 g/mol. The van der Waals surface area contributed by atoms with Gasteiger partial charge < -0.3 is 10.4 Å². The van der Waals surface area contributed by atoms with E-state index in [1.807, 2.05) is 6.92 Å². The van der Waals surface area contributed by atoms with Crippen LogP contribution >= 0.6 is 0 Å². The van der Waals surface area contributed by atoms with Gasteiger partial charge in [-0.2, -0.15) is 0 Å². The normalized spacial score (nSPS) is 17.7. The van der Waals surface area contributed by atoms with Gasteiger partial charge in [-0.25, -0.2) is 0 Å². The number of nitrogens with one attached hydrogen (secondary N) is 1. The highest BCUT2D eigenvalue weighted by atomic mass is 16.6. The average Bonchev–Trinajstić information content (AvgIpc) is 2.55. The first-order valence-electron chi connectivity index (χ1n) is 7.64. The molecule has 8 nitrogen and oxygen atoms in total. The van der Waals surface area contributed by atoms with Gasteiger partial charge in [-0.05, 0) is 13.0 Å². The van der Waals surface area contributed by atoms with Crippen LogP contribution in [0.3, 0.4) is 0 Å². The molecule has 23 heavy (non-hydrogen) atoms. The molecule has 1 saturated heterocycles. The third-order valence-corrected chi connectivity index (χ3v) is 4.07. The summed E-state index contributed by atoms with van der Waals surface area (Å²) in [6.45, 7) is 5.76. The van der Waals surface area contributed by atoms with Crippen molar-refractivity contribution in [3.8, 4) is 0 Å². The highest BCUT2D eigenvalue weighted by molar-refractivity contribution is 5.94. The van der Waals surface area contributed by atoms with E-state index in [-0.39, 0.29) is 24.2 Å². The van der Waals surface area contributed by atoms with Crippen LogP contribution in [-0.4, -0.2) is 71.1 Å². The van der Waals surface area contributed by atoms with Gasteiger partial charge in [0.15, 0.2) is 0 Å². The predicted molar refractivity (Wildman–Crippen MR) is 86.3 cm³/mol. The van der Waals surface area contributed by atoms with Crippen molar-refractivity contribution in [2.45, 2.75) is 13.0 Å². The Morgan fingerprint density at radius 2 is 2.09 bits per heavy atom. The highest BCUT2D eigenvalue weighted by Gasteiger charge is 2.25. The Morgan fingerprint density at radius 3 is 2.70 bits per heavy atom. The fourth-order valence-corrected chi connectivity index (χ4v) is 2.63. The zero-order valence-corrected chi connectivity index (χ0v) is 13.1. The van der Waals surface area contributed by atoms with Crippen molar-refractivity contribution < 1.29 is 14.8 Å². The molecule has 0 radical (unpaired) electrons. The second kappa shape index (κ2) is 8.00. The van der Waals surface area contributed by atoms with Gasteiger partial charge in [0, 0.05) is 50.5 Å². The number of rotatable bonds is 6. The lowest BCUT2D eigenvalue weighted by Gasteiger charge is -2.37. The second-order valence-electron chi connectivity index (χ2n) is 5.57. The molecule has 0 aromatic heterocycles. The van der Waals surface area contributed by atoms with Crippen molar-refractivity contribution in [2.24, 2.45) is 0 Å². The lowest BCUT2D eigenvalue weighted by Crippen LogP contribution is -2.53. The molecular formula is C15H22N4O4. The van der Waals surface area contributed by atoms with Crippen LogP contribution in [0, 0.1) is 10.1 Å². The van der Waals surface area contributed by atoms with Crippen molar-refractivity contribution in [3.63, 3.8) is 0 Å². The predicted octanol–water partition coefficient (Wildman–Crippen LogP) is 0.532. The summed E-state index contributed by atoms with van der Waals surface area (Å²) < 4.78 is 0. The number of piperazine rings is 1. The van der Waals surface area contributed by atoms with Crippen LogP contribution in [0.5, 0.6) is 0 Å². The number of hydrogen-bond donors (Lipinski definition) is 2. The van der Waals surface area contributed by atoms with Crippen molar-refractivity contribution >= 4 is 17.3 Å². The summed E-state index contributed by atoms with van der Waals surface area (Å²) >= 11 is 0. The Hall–Kier alpha value is -2.03. The van der Waals surface area contributed by atoms with E-state index in [1.165, 1.54) is 12.1 Å². The molecule has 1 amide bonds. The van der Waals surface area contributed by atoms with Gasteiger partial charge in [0.2, 0.25) is 5.91 Å². The van der Waals surface area contributed by atoms with Gasteiger partial charge in [0.25, 0.3) is 5.69 Å². The van der Waals surface area contributed by atoms with Gasteiger partial charge in [0.05, 0.1) is 17.6 Å².